The molecule has 1 fully saturated rings. The molecule has 0 saturated carbocycles. The average Bonchev–Trinajstić information content (AvgIpc) is 2.55. The molecule has 96 valence electrons. The van der Waals surface area contributed by atoms with Gasteiger partial charge in [0.1, 0.15) is 0 Å². The van der Waals surface area contributed by atoms with Crippen molar-refractivity contribution < 1.29 is 9.47 Å². The first kappa shape index (κ1) is 13.9. The van der Waals surface area contributed by atoms with Crippen molar-refractivity contribution in [2.24, 2.45) is 0 Å². The van der Waals surface area contributed by atoms with E-state index >= 15 is 0 Å². The third-order valence-electron chi connectivity index (χ3n) is 3.19. The molecule has 16 heavy (non-hydrogen) atoms. The Morgan fingerprint density at radius 3 is 2.75 bits per heavy atom. The van der Waals surface area contributed by atoms with E-state index in [-0.39, 0.29) is 5.60 Å². The van der Waals surface area contributed by atoms with E-state index in [0.717, 1.165) is 13.2 Å². The molecule has 0 spiro atoms. The summed E-state index contributed by atoms with van der Waals surface area (Å²) >= 11 is 0. The molecule has 0 aromatic rings. The van der Waals surface area contributed by atoms with E-state index in [2.05, 4.69) is 26.1 Å². The van der Waals surface area contributed by atoms with Crippen LogP contribution in [0.25, 0.3) is 0 Å². The van der Waals surface area contributed by atoms with Gasteiger partial charge in [0.05, 0.1) is 18.3 Å². The number of hydrogen-bond donors (Lipinski definition) is 1. The Morgan fingerprint density at radius 1 is 1.50 bits per heavy atom. The smallest absolute Gasteiger partial charge is 0.0707 e. The van der Waals surface area contributed by atoms with Crippen molar-refractivity contribution in [2.45, 2.75) is 64.2 Å². The van der Waals surface area contributed by atoms with Crippen molar-refractivity contribution in [3.05, 3.63) is 0 Å². The van der Waals surface area contributed by atoms with Crippen molar-refractivity contribution in [3.8, 4) is 0 Å². The summed E-state index contributed by atoms with van der Waals surface area (Å²) in [7, 11) is 1.76. The quantitative estimate of drug-likeness (QED) is 0.727. The highest BCUT2D eigenvalue weighted by Gasteiger charge is 2.31. The number of nitrogens with one attached hydrogen (secondary N) is 1. The molecule has 1 N–H and O–H groups in total. The van der Waals surface area contributed by atoms with Crippen LogP contribution in [-0.4, -0.2) is 38.0 Å². The summed E-state index contributed by atoms with van der Waals surface area (Å²) < 4.78 is 11.2. The molecule has 2 unspecified atom stereocenters. The molecule has 1 heterocycles. The first-order chi connectivity index (χ1) is 7.57. The molecule has 0 aliphatic carbocycles. The van der Waals surface area contributed by atoms with Gasteiger partial charge in [0.2, 0.25) is 0 Å². The lowest BCUT2D eigenvalue weighted by molar-refractivity contribution is -0.0161. The number of ether oxygens (including phenoxy) is 2. The topological polar surface area (TPSA) is 30.5 Å². The molecule has 0 aromatic heterocycles. The summed E-state index contributed by atoms with van der Waals surface area (Å²) in [4.78, 5) is 0. The van der Waals surface area contributed by atoms with Crippen LogP contribution in [0.15, 0.2) is 0 Å². The predicted octanol–water partition coefficient (Wildman–Crippen LogP) is 2.35. The van der Waals surface area contributed by atoms with Gasteiger partial charge in [-0.05, 0) is 33.1 Å². The van der Waals surface area contributed by atoms with E-state index < -0.39 is 0 Å². The van der Waals surface area contributed by atoms with Crippen LogP contribution in [0, 0.1) is 0 Å². The van der Waals surface area contributed by atoms with E-state index in [4.69, 9.17) is 9.47 Å². The standard InChI is InChI=1S/C13H27NO2/c1-5-6-11(10-15-4)14-9-12-7-8-13(2,3)16-12/h11-12,14H,5-10H2,1-4H3. The van der Waals surface area contributed by atoms with E-state index in [0.29, 0.717) is 12.1 Å². The largest absolute Gasteiger partial charge is 0.383 e. The highest BCUT2D eigenvalue weighted by Crippen LogP contribution is 2.28. The van der Waals surface area contributed by atoms with E-state index in [9.17, 15) is 0 Å². The monoisotopic (exact) mass is 229 g/mol. The second kappa shape index (κ2) is 6.58. The fourth-order valence-corrected chi connectivity index (χ4v) is 2.31. The van der Waals surface area contributed by atoms with Crippen LogP contribution in [0.3, 0.4) is 0 Å². The molecule has 1 rings (SSSR count). The summed E-state index contributed by atoms with van der Waals surface area (Å²) in [6.07, 6.45) is 5.09. The maximum absolute atomic E-state index is 5.95. The Kier molecular flexibility index (Phi) is 5.73. The Balaban J connectivity index is 2.22. The second-order valence-electron chi connectivity index (χ2n) is 5.39. The molecule has 2 atom stereocenters. The van der Waals surface area contributed by atoms with Gasteiger partial charge in [-0.15, -0.1) is 0 Å². The minimum atomic E-state index is 0.0772. The van der Waals surface area contributed by atoms with Gasteiger partial charge < -0.3 is 14.8 Å². The Hall–Kier alpha value is -0.120. The van der Waals surface area contributed by atoms with Crippen molar-refractivity contribution in [3.63, 3.8) is 0 Å². The van der Waals surface area contributed by atoms with E-state index in [1.54, 1.807) is 7.11 Å². The maximum Gasteiger partial charge on any atom is 0.0707 e. The predicted molar refractivity (Wildman–Crippen MR) is 66.8 cm³/mol. The van der Waals surface area contributed by atoms with Crippen LogP contribution >= 0.6 is 0 Å². The minimum absolute atomic E-state index is 0.0772. The van der Waals surface area contributed by atoms with Crippen LogP contribution in [0.4, 0.5) is 0 Å². The van der Waals surface area contributed by atoms with Gasteiger partial charge in [-0.1, -0.05) is 13.3 Å². The normalized spacial score (nSPS) is 25.9. The Morgan fingerprint density at radius 2 is 2.25 bits per heavy atom. The Bertz CT molecular complexity index is 186. The van der Waals surface area contributed by atoms with Gasteiger partial charge in [-0.3, -0.25) is 0 Å². The maximum atomic E-state index is 5.95. The Labute approximate surface area is 99.9 Å². The fraction of sp³-hybridized carbons (Fsp3) is 1.00. The molecule has 0 amide bonds. The van der Waals surface area contributed by atoms with E-state index in [1.165, 1.54) is 25.7 Å². The van der Waals surface area contributed by atoms with Gasteiger partial charge in [-0.25, -0.2) is 0 Å². The van der Waals surface area contributed by atoms with Crippen LogP contribution in [0.2, 0.25) is 0 Å². The zero-order valence-electron chi connectivity index (χ0n) is 11.2. The number of hydrogen-bond acceptors (Lipinski definition) is 3. The van der Waals surface area contributed by atoms with E-state index in [1.807, 2.05) is 0 Å². The van der Waals surface area contributed by atoms with Crippen LogP contribution in [0.5, 0.6) is 0 Å². The lowest BCUT2D eigenvalue weighted by Crippen LogP contribution is -2.39. The molecule has 0 aromatic carbocycles. The minimum Gasteiger partial charge on any atom is -0.383 e. The van der Waals surface area contributed by atoms with Crippen LogP contribution < -0.4 is 5.32 Å². The number of rotatable bonds is 7. The third kappa shape index (κ3) is 4.81. The van der Waals surface area contributed by atoms with Gasteiger partial charge in [-0.2, -0.15) is 0 Å². The lowest BCUT2D eigenvalue weighted by atomic mass is 10.1. The molecular formula is C13H27NO2. The summed E-state index contributed by atoms with van der Waals surface area (Å²) in [6.45, 7) is 8.30. The molecule has 1 aliphatic rings. The molecule has 1 aliphatic heterocycles. The SMILES string of the molecule is CCCC(COC)NCC1CCC(C)(C)O1. The zero-order chi connectivity index (χ0) is 12.0. The van der Waals surface area contributed by atoms with Gasteiger partial charge in [0, 0.05) is 19.7 Å². The molecule has 0 bridgehead atoms. The third-order valence-corrected chi connectivity index (χ3v) is 3.19. The molecule has 3 nitrogen and oxygen atoms in total. The van der Waals surface area contributed by atoms with Crippen molar-refractivity contribution in [2.75, 3.05) is 20.3 Å². The second-order valence-corrected chi connectivity index (χ2v) is 5.39. The first-order valence-corrected chi connectivity index (χ1v) is 6.47. The summed E-state index contributed by atoms with van der Waals surface area (Å²) in [6, 6.07) is 0.474. The van der Waals surface area contributed by atoms with Gasteiger partial charge >= 0.3 is 0 Å². The molecule has 0 radical (unpaired) electrons. The first-order valence-electron chi connectivity index (χ1n) is 6.47. The summed E-state index contributed by atoms with van der Waals surface area (Å²) in [5.41, 5.74) is 0.0772. The van der Waals surface area contributed by atoms with Crippen LogP contribution in [-0.2, 0) is 9.47 Å². The van der Waals surface area contributed by atoms with Crippen molar-refractivity contribution in [1.29, 1.82) is 0 Å². The van der Waals surface area contributed by atoms with Crippen molar-refractivity contribution >= 4 is 0 Å². The van der Waals surface area contributed by atoms with Crippen molar-refractivity contribution in [1.82, 2.24) is 5.32 Å². The van der Waals surface area contributed by atoms with Gasteiger partial charge in [0.25, 0.3) is 0 Å². The fourth-order valence-electron chi connectivity index (χ4n) is 2.31. The molecule has 1 saturated heterocycles. The number of methoxy groups -OCH3 is 1. The zero-order valence-corrected chi connectivity index (χ0v) is 11.2. The molecular weight excluding hydrogens is 202 g/mol. The molecule has 3 heteroatoms. The highest BCUT2D eigenvalue weighted by molar-refractivity contribution is 4.82. The van der Waals surface area contributed by atoms with Gasteiger partial charge in [0.15, 0.2) is 0 Å². The summed E-state index contributed by atoms with van der Waals surface area (Å²) in [5.74, 6) is 0. The summed E-state index contributed by atoms with van der Waals surface area (Å²) in [5, 5.41) is 3.55. The lowest BCUT2D eigenvalue weighted by Gasteiger charge is -2.22. The highest BCUT2D eigenvalue weighted by atomic mass is 16.5. The average molecular weight is 229 g/mol. The van der Waals surface area contributed by atoms with Crippen LogP contribution in [0.1, 0.15) is 46.5 Å².